The molecule has 0 bridgehead atoms. The van der Waals surface area contributed by atoms with Crippen LogP contribution < -0.4 is 5.32 Å². The summed E-state index contributed by atoms with van der Waals surface area (Å²) in [5.74, 6) is -1.30. The second-order valence-corrected chi connectivity index (χ2v) is 9.53. The summed E-state index contributed by atoms with van der Waals surface area (Å²) in [7, 11) is 0. The van der Waals surface area contributed by atoms with E-state index in [0.29, 0.717) is 31.4 Å². The van der Waals surface area contributed by atoms with E-state index in [1.54, 1.807) is 25.1 Å². The van der Waals surface area contributed by atoms with Crippen molar-refractivity contribution in [1.29, 1.82) is 0 Å². The van der Waals surface area contributed by atoms with Crippen LogP contribution in [0, 0.1) is 18.8 Å². The molecule has 3 aromatic rings. The molecule has 1 saturated carbocycles. The molecule has 3 N–H and O–H groups in total. The van der Waals surface area contributed by atoms with Crippen molar-refractivity contribution in [2.45, 2.75) is 51.3 Å². The number of aliphatic hydroxyl groups is 1. The van der Waals surface area contributed by atoms with Crippen molar-refractivity contribution >= 4 is 17.6 Å². The Morgan fingerprint density at radius 2 is 1.72 bits per heavy atom. The minimum atomic E-state index is -4.56. The molecule has 1 unspecified atom stereocenters. The average molecular weight is 500 g/mol. The molecule has 1 aliphatic carbocycles. The van der Waals surface area contributed by atoms with Crippen molar-refractivity contribution in [3.63, 3.8) is 0 Å². The van der Waals surface area contributed by atoms with Crippen molar-refractivity contribution < 1.29 is 28.2 Å². The van der Waals surface area contributed by atoms with E-state index < -0.39 is 23.4 Å². The third kappa shape index (κ3) is 5.51. The van der Waals surface area contributed by atoms with Crippen LogP contribution in [0.1, 0.15) is 49.4 Å². The SMILES string of the molecule is Cc1cc(-c2cccc(Nc3nccc(C(F)(F)F)n3)c2)ccc1C(C)(O)C1CCC(C(=O)O)CC1. The molecule has 0 amide bonds. The minimum absolute atomic E-state index is 0.0300. The molecule has 190 valence electrons. The van der Waals surface area contributed by atoms with Gasteiger partial charge in [-0.05, 0) is 85.9 Å². The number of aromatic nitrogens is 2. The highest BCUT2D eigenvalue weighted by Gasteiger charge is 2.38. The van der Waals surface area contributed by atoms with E-state index in [9.17, 15) is 28.2 Å². The van der Waals surface area contributed by atoms with Crippen LogP contribution in [0.5, 0.6) is 0 Å². The van der Waals surface area contributed by atoms with Crippen LogP contribution >= 0.6 is 0 Å². The lowest BCUT2D eigenvalue weighted by Gasteiger charge is -2.38. The number of halogens is 3. The number of rotatable bonds is 6. The molecule has 0 spiro atoms. The van der Waals surface area contributed by atoms with Gasteiger partial charge in [-0.3, -0.25) is 4.79 Å². The van der Waals surface area contributed by atoms with Crippen LogP contribution in [0.15, 0.2) is 54.7 Å². The first kappa shape index (κ1) is 25.6. The van der Waals surface area contributed by atoms with Crippen molar-refractivity contribution in [1.82, 2.24) is 9.97 Å². The molecule has 1 aliphatic rings. The van der Waals surface area contributed by atoms with Crippen molar-refractivity contribution in [3.8, 4) is 11.1 Å². The van der Waals surface area contributed by atoms with Crippen LogP contribution in [-0.4, -0.2) is 26.2 Å². The van der Waals surface area contributed by atoms with E-state index in [0.717, 1.165) is 34.5 Å². The molecule has 36 heavy (non-hydrogen) atoms. The molecule has 9 heteroatoms. The van der Waals surface area contributed by atoms with E-state index in [4.69, 9.17) is 0 Å². The molecule has 2 aromatic carbocycles. The lowest BCUT2D eigenvalue weighted by Crippen LogP contribution is -2.36. The normalized spacial score (nSPS) is 19.9. The predicted octanol–water partition coefficient (Wildman–Crippen LogP) is 6.31. The maximum atomic E-state index is 13.0. The smallest absolute Gasteiger partial charge is 0.433 e. The predicted molar refractivity (Wildman–Crippen MR) is 130 cm³/mol. The number of carbonyl (C=O) groups is 1. The summed E-state index contributed by atoms with van der Waals surface area (Å²) >= 11 is 0. The molecule has 4 rings (SSSR count). The van der Waals surface area contributed by atoms with Crippen LogP contribution in [0.4, 0.5) is 24.8 Å². The maximum absolute atomic E-state index is 13.0. The second kappa shape index (κ2) is 9.89. The monoisotopic (exact) mass is 499 g/mol. The lowest BCUT2D eigenvalue weighted by atomic mass is 9.70. The largest absolute Gasteiger partial charge is 0.481 e. The quantitative estimate of drug-likeness (QED) is 0.368. The van der Waals surface area contributed by atoms with Gasteiger partial charge < -0.3 is 15.5 Å². The molecule has 1 aromatic heterocycles. The fraction of sp³-hybridized carbons (Fsp3) is 0.370. The summed E-state index contributed by atoms with van der Waals surface area (Å²) in [5.41, 5.74) is 1.85. The fourth-order valence-corrected chi connectivity index (χ4v) is 5.02. The number of aliphatic carboxylic acids is 1. The Morgan fingerprint density at radius 1 is 1.03 bits per heavy atom. The number of anilines is 2. The van der Waals surface area contributed by atoms with Gasteiger partial charge in [0.2, 0.25) is 5.95 Å². The Labute approximate surface area is 207 Å². The summed E-state index contributed by atoms with van der Waals surface area (Å²) < 4.78 is 38.9. The number of hydrogen-bond donors (Lipinski definition) is 3. The zero-order chi connectivity index (χ0) is 26.1. The molecule has 0 radical (unpaired) electrons. The zero-order valence-electron chi connectivity index (χ0n) is 20.0. The highest BCUT2D eigenvalue weighted by Crippen LogP contribution is 2.42. The van der Waals surface area contributed by atoms with Gasteiger partial charge in [0.05, 0.1) is 11.5 Å². The summed E-state index contributed by atoms with van der Waals surface area (Å²) in [6, 6.07) is 13.8. The van der Waals surface area contributed by atoms with Gasteiger partial charge in [0.1, 0.15) is 5.69 Å². The fourth-order valence-electron chi connectivity index (χ4n) is 5.02. The van der Waals surface area contributed by atoms with E-state index in [1.165, 1.54) is 0 Å². The van der Waals surface area contributed by atoms with Crippen molar-refractivity contribution in [2.24, 2.45) is 11.8 Å². The maximum Gasteiger partial charge on any atom is 0.433 e. The number of carboxylic acid groups (broad SMARTS) is 1. The van der Waals surface area contributed by atoms with Gasteiger partial charge in [0.15, 0.2) is 0 Å². The van der Waals surface area contributed by atoms with Gasteiger partial charge in [-0.2, -0.15) is 13.2 Å². The molecule has 1 heterocycles. The first-order valence-corrected chi connectivity index (χ1v) is 11.8. The Kier molecular flexibility index (Phi) is 7.04. The van der Waals surface area contributed by atoms with Gasteiger partial charge in [0, 0.05) is 11.9 Å². The van der Waals surface area contributed by atoms with Crippen LogP contribution in [-0.2, 0) is 16.6 Å². The van der Waals surface area contributed by atoms with Gasteiger partial charge in [-0.1, -0.05) is 30.3 Å². The van der Waals surface area contributed by atoms with Gasteiger partial charge in [0.25, 0.3) is 0 Å². The van der Waals surface area contributed by atoms with E-state index >= 15 is 0 Å². The zero-order valence-corrected chi connectivity index (χ0v) is 20.0. The number of carboxylic acids is 1. The Morgan fingerprint density at radius 3 is 2.36 bits per heavy atom. The van der Waals surface area contributed by atoms with Crippen molar-refractivity contribution in [2.75, 3.05) is 5.32 Å². The number of benzene rings is 2. The number of nitrogens with one attached hydrogen (secondary N) is 1. The summed E-state index contributed by atoms with van der Waals surface area (Å²) in [4.78, 5) is 18.7. The molecule has 1 atom stereocenters. The first-order chi connectivity index (χ1) is 16.9. The molecular formula is C27H28F3N3O3. The molecule has 1 fully saturated rings. The highest BCUT2D eigenvalue weighted by molar-refractivity contribution is 5.71. The molecular weight excluding hydrogens is 471 g/mol. The summed E-state index contributed by atoms with van der Waals surface area (Å²) in [6.45, 7) is 3.72. The third-order valence-electron chi connectivity index (χ3n) is 7.04. The Balaban J connectivity index is 1.53. The van der Waals surface area contributed by atoms with E-state index in [-0.39, 0.29) is 17.8 Å². The topological polar surface area (TPSA) is 95.3 Å². The number of nitrogens with zero attached hydrogens (tertiary/aromatic N) is 2. The molecule has 0 saturated heterocycles. The third-order valence-corrected chi connectivity index (χ3v) is 7.04. The van der Waals surface area contributed by atoms with Crippen LogP contribution in [0.2, 0.25) is 0 Å². The highest BCUT2D eigenvalue weighted by atomic mass is 19.4. The van der Waals surface area contributed by atoms with Gasteiger partial charge in [-0.15, -0.1) is 0 Å². The molecule has 0 aliphatic heterocycles. The standard InChI is InChI=1S/C27H28F3N3O3/c1-16-14-19(8-11-22(16)26(2,36)20-9-6-17(7-10-20)24(34)35)18-4-3-5-21(15-18)32-25-31-13-12-23(33-25)27(28,29)30/h3-5,8,11-15,17,20,36H,6-7,9-10H2,1-2H3,(H,34,35)(H,31,32,33). The molecule has 6 nitrogen and oxygen atoms in total. The average Bonchev–Trinajstić information content (AvgIpc) is 2.83. The first-order valence-electron chi connectivity index (χ1n) is 11.8. The summed E-state index contributed by atoms with van der Waals surface area (Å²) in [5, 5.41) is 23.5. The summed E-state index contributed by atoms with van der Waals surface area (Å²) in [6.07, 6.45) is -1.08. The van der Waals surface area contributed by atoms with E-state index in [2.05, 4.69) is 15.3 Å². The Bertz CT molecular complexity index is 1250. The van der Waals surface area contributed by atoms with Gasteiger partial charge >= 0.3 is 12.1 Å². The van der Waals surface area contributed by atoms with Crippen LogP contribution in [0.3, 0.4) is 0 Å². The van der Waals surface area contributed by atoms with Crippen molar-refractivity contribution in [3.05, 3.63) is 71.5 Å². The minimum Gasteiger partial charge on any atom is -0.481 e. The van der Waals surface area contributed by atoms with Gasteiger partial charge in [-0.25, -0.2) is 9.97 Å². The number of aryl methyl sites for hydroxylation is 1. The van der Waals surface area contributed by atoms with Crippen LogP contribution in [0.25, 0.3) is 11.1 Å². The number of alkyl halides is 3. The number of hydrogen-bond acceptors (Lipinski definition) is 5. The lowest BCUT2D eigenvalue weighted by molar-refractivity contribution is -0.144. The van der Waals surface area contributed by atoms with E-state index in [1.807, 2.05) is 31.2 Å². The second-order valence-electron chi connectivity index (χ2n) is 9.53. The Hall–Kier alpha value is -3.46.